The normalized spacial score (nSPS) is 21.3. The highest BCUT2D eigenvalue weighted by Gasteiger charge is 2.57. The lowest BCUT2D eigenvalue weighted by molar-refractivity contribution is -0.139. The van der Waals surface area contributed by atoms with E-state index in [0.29, 0.717) is 41.0 Å². The van der Waals surface area contributed by atoms with Gasteiger partial charge in [-0.05, 0) is 138 Å². The van der Waals surface area contributed by atoms with Gasteiger partial charge in [-0.15, -0.1) is 0 Å². The van der Waals surface area contributed by atoms with E-state index in [0.717, 1.165) is 45.5 Å². The van der Waals surface area contributed by atoms with E-state index >= 15 is 9.59 Å². The number of benzene rings is 8. The van der Waals surface area contributed by atoms with Crippen LogP contribution in [0.3, 0.4) is 0 Å². The maximum absolute atomic E-state index is 15.8. The minimum absolute atomic E-state index is 0.0354. The van der Waals surface area contributed by atoms with Gasteiger partial charge in [0.25, 0.3) is 5.91 Å². The average Bonchev–Trinajstić information content (AvgIpc) is 1.71. The summed E-state index contributed by atoms with van der Waals surface area (Å²) in [6.45, 7) is 1.84. The lowest BCUT2D eigenvalue weighted by Gasteiger charge is -2.33. The Bertz CT molecular complexity index is 4130. The molecule has 0 saturated heterocycles. The van der Waals surface area contributed by atoms with Crippen molar-refractivity contribution in [3.63, 3.8) is 0 Å². The monoisotopic (exact) mass is 1180 g/mol. The Morgan fingerprint density at radius 2 is 1.09 bits per heavy atom. The molecule has 0 fully saturated rings. The van der Waals surface area contributed by atoms with Crippen LogP contribution in [-0.2, 0) is 70.7 Å². The molecule has 0 bridgehead atoms. The van der Waals surface area contributed by atoms with Crippen molar-refractivity contribution in [2.75, 3.05) is 18.1 Å². The number of alkyl halides is 3. The zero-order valence-electron chi connectivity index (χ0n) is 46.5. The first-order valence-electron chi connectivity index (χ1n) is 28.4. The van der Waals surface area contributed by atoms with Crippen molar-refractivity contribution in [3.05, 3.63) is 262 Å². The summed E-state index contributed by atoms with van der Waals surface area (Å²) in [5, 5.41) is 0. The Balaban J connectivity index is 0.953. The zero-order valence-corrected chi connectivity index (χ0v) is 48.1. The first-order valence-corrected chi connectivity index (χ1v) is 31.7. The first-order chi connectivity index (χ1) is 40.9. The second-order valence-corrected chi connectivity index (χ2v) is 26.8. The van der Waals surface area contributed by atoms with Crippen LogP contribution in [0.4, 0.5) is 13.2 Å². The van der Waals surface area contributed by atoms with Crippen molar-refractivity contribution in [3.8, 4) is 11.1 Å². The summed E-state index contributed by atoms with van der Waals surface area (Å²) in [4.78, 5) is 43.8. The van der Waals surface area contributed by atoms with E-state index < -0.39 is 66.4 Å². The number of aliphatic imine (C=N–C) groups is 2. The van der Waals surface area contributed by atoms with Gasteiger partial charge in [-0.1, -0.05) is 145 Å². The number of halogens is 3. The lowest BCUT2D eigenvalue weighted by Crippen LogP contribution is -2.50. The fraction of sp³-hybridized carbons (Fsp3) is 0.246. The highest BCUT2D eigenvalue weighted by Crippen LogP contribution is 2.50. The third-order valence-electron chi connectivity index (χ3n) is 16.9. The number of carbonyl (C=O) groups is 2. The van der Waals surface area contributed by atoms with Gasteiger partial charge < -0.3 is 14.4 Å². The summed E-state index contributed by atoms with van der Waals surface area (Å²) in [5.41, 5.74) is 3.87. The number of sulfone groups is 2. The Hall–Kier alpha value is -8.47. The average molecular weight is 1180 g/mol. The Morgan fingerprint density at radius 1 is 0.553 bits per heavy atom. The van der Waals surface area contributed by atoms with Gasteiger partial charge >= 0.3 is 6.18 Å². The van der Waals surface area contributed by atoms with Crippen LogP contribution in [0.1, 0.15) is 87.1 Å². The number of Topliss-reactive ketones (excluding diaryl/α,β-unsaturated/α-hetero) is 1. The van der Waals surface area contributed by atoms with E-state index in [4.69, 9.17) is 19.5 Å². The molecule has 12 rings (SSSR count). The van der Waals surface area contributed by atoms with Gasteiger partial charge in [0.1, 0.15) is 0 Å². The number of rotatable bonds is 15. The summed E-state index contributed by atoms with van der Waals surface area (Å²) >= 11 is 0. The second-order valence-electron chi connectivity index (χ2n) is 22.6. The van der Waals surface area contributed by atoms with Crippen molar-refractivity contribution in [2.45, 2.75) is 91.2 Å². The highest BCUT2D eigenvalue weighted by atomic mass is 32.2. The van der Waals surface area contributed by atoms with Crippen molar-refractivity contribution >= 4 is 43.2 Å². The molecule has 11 nitrogen and oxygen atoms in total. The largest absolute Gasteiger partial charge is 0.466 e. The standard InChI is InChI=1S/C69H60F3N3O8S2/c1-46-24-27-51(28-25-46)64-73-67(43-48-14-5-2-6-15-48)61(76)41-47(36-38-84(78,79)57-19-7-3-8-20-57)26-29-50-30-31-54(42-60(50)63(67)83-64)53-18-13-16-49(40-53)44-68-62(82-65(74-68)52-32-34-56(35-33-52)69(70,71)72)59-23-12-11-17-55(59)45-75(66(68)77)37-39-85(80,81)58-21-9-4-10-22-58/h2-25,27-28,30-35,40,42,47,62-63H,26,29,36-39,41,43-45H2,1H3/t47?,62-,63-,67+,68-/m0/s1. The van der Waals surface area contributed by atoms with Crippen LogP contribution >= 0.6 is 0 Å². The van der Waals surface area contributed by atoms with Crippen molar-refractivity contribution in [2.24, 2.45) is 15.9 Å². The van der Waals surface area contributed by atoms with Gasteiger partial charge in [-0.2, -0.15) is 13.2 Å². The van der Waals surface area contributed by atoms with Crippen molar-refractivity contribution < 1.29 is 49.1 Å². The Kier molecular flexibility index (Phi) is 15.3. The molecule has 1 amide bonds. The van der Waals surface area contributed by atoms with Gasteiger partial charge in [-0.25, -0.2) is 26.8 Å². The van der Waals surface area contributed by atoms with Crippen LogP contribution in [0, 0.1) is 12.8 Å². The maximum Gasteiger partial charge on any atom is 0.416 e. The molecular weight excluding hydrogens is 1120 g/mol. The molecular formula is C69H60F3N3O8S2. The summed E-state index contributed by atoms with van der Waals surface area (Å²) in [7, 11) is -7.54. The number of fused-ring (bicyclic) bond motifs is 6. The van der Waals surface area contributed by atoms with Crippen LogP contribution < -0.4 is 0 Å². The minimum Gasteiger partial charge on any atom is -0.466 e. The van der Waals surface area contributed by atoms with Gasteiger partial charge in [0.2, 0.25) is 11.8 Å². The fourth-order valence-corrected chi connectivity index (χ4v) is 15.1. The molecule has 0 aromatic heterocycles. The molecule has 16 heteroatoms. The molecule has 0 radical (unpaired) electrons. The molecule has 8 aromatic carbocycles. The minimum atomic E-state index is -4.61. The van der Waals surface area contributed by atoms with Gasteiger partial charge in [0, 0.05) is 49.0 Å². The molecule has 432 valence electrons. The number of ketones is 1. The number of nitrogens with zero attached hydrogens (tertiary/aromatic N) is 3. The number of hydrogen-bond donors (Lipinski definition) is 0. The predicted octanol–water partition coefficient (Wildman–Crippen LogP) is 12.9. The molecule has 0 spiro atoms. The number of aryl methyl sites for hydroxylation is 2. The number of hydrogen-bond acceptors (Lipinski definition) is 10. The van der Waals surface area contributed by atoms with Crippen LogP contribution in [-0.4, -0.2) is 74.3 Å². The van der Waals surface area contributed by atoms with E-state index in [2.05, 4.69) is 0 Å². The van der Waals surface area contributed by atoms with Crippen LogP contribution in [0.15, 0.2) is 226 Å². The molecule has 8 aromatic rings. The number of amides is 1. The Morgan fingerprint density at radius 3 is 1.75 bits per heavy atom. The van der Waals surface area contributed by atoms with Crippen LogP contribution in [0.5, 0.6) is 0 Å². The van der Waals surface area contributed by atoms with E-state index in [9.17, 15) is 30.0 Å². The molecule has 1 aliphatic carbocycles. The topological polar surface area (TPSA) is 149 Å². The van der Waals surface area contributed by atoms with E-state index in [1.165, 1.54) is 29.2 Å². The Labute approximate surface area is 492 Å². The number of carbonyl (C=O) groups excluding carboxylic acids is 2. The van der Waals surface area contributed by atoms with Gasteiger partial charge in [-0.3, -0.25) is 9.59 Å². The second kappa shape index (κ2) is 22.8. The fourth-order valence-electron chi connectivity index (χ4n) is 12.3. The van der Waals surface area contributed by atoms with E-state index in [1.54, 1.807) is 48.5 Å². The molecule has 4 aliphatic rings. The summed E-state index contributed by atoms with van der Waals surface area (Å²) in [6.07, 6.45) is -5.09. The molecule has 3 heterocycles. The first kappa shape index (κ1) is 57.0. The molecule has 1 unspecified atom stereocenters. The predicted molar refractivity (Wildman–Crippen MR) is 319 cm³/mol. The summed E-state index contributed by atoms with van der Waals surface area (Å²) in [6, 6.07) is 59.3. The van der Waals surface area contributed by atoms with E-state index in [1.807, 2.05) is 128 Å². The van der Waals surface area contributed by atoms with Gasteiger partial charge in [0.05, 0.1) is 26.9 Å². The molecule has 5 atom stereocenters. The maximum atomic E-state index is 15.8. The third-order valence-corrected chi connectivity index (χ3v) is 20.4. The molecule has 3 aliphatic heterocycles. The van der Waals surface area contributed by atoms with Crippen molar-refractivity contribution in [1.82, 2.24) is 4.90 Å². The summed E-state index contributed by atoms with van der Waals surface area (Å²) in [5.74, 6) is -1.23. The third kappa shape index (κ3) is 11.5. The number of ether oxygens (including phenoxy) is 2. The van der Waals surface area contributed by atoms with Crippen LogP contribution in [0.2, 0.25) is 0 Å². The van der Waals surface area contributed by atoms with Gasteiger partial charge in [0.15, 0.2) is 48.7 Å². The SMILES string of the molecule is Cc1ccc(C2=N[C@]3(Cc4ccccc4)C(=O)CC(CCS(=O)(=O)c4ccccc4)CCc4ccc(-c5cccc(C[C@]67N=C(c8ccc(C(F)(F)F)cc8)O[C@H]6c6ccccc6CN(CCS(=O)(=O)c6ccccc6)C7=O)c5)cc4[C@@H]3O2)cc1. The smallest absolute Gasteiger partial charge is 0.416 e. The lowest BCUT2D eigenvalue weighted by atomic mass is 9.76. The summed E-state index contributed by atoms with van der Waals surface area (Å²) < 4.78 is 111. The molecule has 85 heavy (non-hydrogen) atoms. The van der Waals surface area contributed by atoms with Crippen LogP contribution in [0.25, 0.3) is 11.1 Å². The van der Waals surface area contributed by atoms with E-state index in [-0.39, 0.29) is 77.5 Å². The highest BCUT2D eigenvalue weighted by molar-refractivity contribution is 7.91. The zero-order chi connectivity index (χ0) is 59.1. The quantitative estimate of drug-likeness (QED) is 0.0985. The van der Waals surface area contributed by atoms with Crippen molar-refractivity contribution in [1.29, 1.82) is 0 Å². The molecule has 0 saturated carbocycles. The molecule has 0 N–H and O–H groups in total.